The minimum atomic E-state index is -1.37. The van der Waals surface area contributed by atoms with Gasteiger partial charge >= 0.3 is 0 Å². The Balaban J connectivity index is 1.62. The van der Waals surface area contributed by atoms with E-state index in [1.54, 1.807) is 0 Å². The molecule has 6 rings (SSSR count). The van der Waals surface area contributed by atoms with E-state index in [0.717, 1.165) is 69.2 Å². The van der Waals surface area contributed by atoms with Crippen LogP contribution >= 0.6 is 15.9 Å². The van der Waals surface area contributed by atoms with E-state index in [0.29, 0.717) is 17.1 Å². The van der Waals surface area contributed by atoms with E-state index in [2.05, 4.69) is 48.8 Å². The monoisotopic (exact) mass is 538 g/mol. The number of nitrogens with zero attached hydrogens (tertiary/aromatic N) is 2. The molecule has 184 valence electrons. The number of rotatable bonds is 5. The van der Waals surface area contributed by atoms with Crippen LogP contribution in [0.25, 0.3) is 11.1 Å². The van der Waals surface area contributed by atoms with Gasteiger partial charge in [-0.1, -0.05) is 5.16 Å². The number of pyridine rings is 1. The maximum atomic E-state index is 12.9. The molecule has 7 nitrogen and oxygen atoms in total. The molecular formula is C27H31BrN4O3. The summed E-state index contributed by atoms with van der Waals surface area (Å²) >= 11 is 3.57. The van der Waals surface area contributed by atoms with Crippen LogP contribution in [0.4, 0.5) is 11.4 Å². The average Bonchev–Trinajstić information content (AvgIpc) is 3.20. The molecule has 3 atom stereocenters. The highest BCUT2D eigenvalue weighted by Gasteiger charge is 2.48. The minimum absolute atomic E-state index is 0.157. The van der Waals surface area contributed by atoms with E-state index >= 15 is 0 Å². The largest absolute Gasteiger partial charge is 0.378 e. The molecule has 2 fully saturated rings. The molecule has 35 heavy (non-hydrogen) atoms. The highest BCUT2D eigenvalue weighted by molar-refractivity contribution is 9.10. The maximum absolute atomic E-state index is 12.9. The number of nitrogens with one attached hydrogen (secondary N) is 2. The topological polar surface area (TPSA) is 92.4 Å². The van der Waals surface area contributed by atoms with Crippen molar-refractivity contribution in [2.75, 3.05) is 17.2 Å². The van der Waals surface area contributed by atoms with E-state index in [1.165, 1.54) is 12.8 Å². The van der Waals surface area contributed by atoms with Gasteiger partial charge in [0, 0.05) is 23.4 Å². The van der Waals surface area contributed by atoms with Crippen LogP contribution in [0.5, 0.6) is 0 Å². The summed E-state index contributed by atoms with van der Waals surface area (Å²) in [5.41, 5.74) is 6.81. The number of anilines is 2. The van der Waals surface area contributed by atoms with Gasteiger partial charge in [0.1, 0.15) is 16.0 Å². The van der Waals surface area contributed by atoms with Gasteiger partial charge in [-0.2, -0.15) is 0 Å². The zero-order valence-electron chi connectivity index (χ0n) is 20.5. The molecule has 3 N–H and O–H groups in total. The third-order valence-electron chi connectivity index (χ3n) is 7.87. The molecule has 2 aromatic heterocycles. The van der Waals surface area contributed by atoms with Crippen molar-refractivity contribution >= 4 is 27.3 Å². The number of aryl methyl sites for hydroxylation is 3. The van der Waals surface area contributed by atoms with E-state index in [1.807, 2.05) is 33.8 Å². The first-order valence-corrected chi connectivity index (χ1v) is 13.2. The zero-order chi connectivity index (χ0) is 24.5. The lowest BCUT2D eigenvalue weighted by atomic mass is 9.77. The quantitative estimate of drug-likeness (QED) is 0.357. The molecule has 8 heteroatoms. The molecular weight excluding hydrogens is 508 g/mol. The van der Waals surface area contributed by atoms with Crippen LogP contribution < -0.4 is 10.6 Å². The third kappa shape index (κ3) is 3.69. The lowest BCUT2D eigenvalue weighted by Gasteiger charge is -2.37. The van der Waals surface area contributed by atoms with Crippen LogP contribution in [0.1, 0.15) is 59.5 Å². The van der Waals surface area contributed by atoms with Gasteiger partial charge < -0.3 is 25.0 Å². The molecule has 1 aromatic carbocycles. The molecule has 3 unspecified atom stereocenters. The predicted octanol–water partition coefficient (Wildman–Crippen LogP) is 5.72. The number of benzene rings is 1. The Morgan fingerprint density at radius 2 is 1.83 bits per heavy atom. The average molecular weight is 539 g/mol. The van der Waals surface area contributed by atoms with E-state index < -0.39 is 5.60 Å². The van der Waals surface area contributed by atoms with Crippen LogP contribution in [0.3, 0.4) is 0 Å². The van der Waals surface area contributed by atoms with Crippen molar-refractivity contribution in [3.8, 4) is 11.1 Å². The Kier molecular flexibility index (Phi) is 5.47. The maximum Gasteiger partial charge on any atom is 0.143 e. The molecule has 0 bridgehead atoms. The van der Waals surface area contributed by atoms with Gasteiger partial charge in [0.05, 0.1) is 29.3 Å². The van der Waals surface area contributed by atoms with Crippen LogP contribution in [-0.2, 0) is 10.3 Å². The Bertz CT molecular complexity index is 1290. The SMILES string of the molecule is Cc1nc(Br)cc(C(O)(c2cc(-c3c(C)noc3C)cc3c2NC(C2CC2)N3)C2CCCO2)c1C. The fourth-order valence-electron chi connectivity index (χ4n) is 5.77. The summed E-state index contributed by atoms with van der Waals surface area (Å²) in [5.74, 6) is 1.35. The fraction of sp³-hybridized carbons (Fsp3) is 0.481. The third-order valence-corrected chi connectivity index (χ3v) is 8.27. The summed E-state index contributed by atoms with van der Waals surface area (Å²) in [6.45, 7) is 8.53. The molecule has 0 spiro atoms. The van der Waals surface area contributed by atoms with Crippen molar-refractivity contribution in [2.24, 2.45) is 5.92 Å². The molecule has 0 radical (unpaired) electrons. The van der Waals surface area contributed by atoms with Crippen LogP contribution in [0, 0.1) is 33.6 Å². The van der Waals surface area contributed by atoms with Crippen molar-refractivity contribution < 1.29 is 14.4 Å². The molecule has 3 aromatic rings. The van der Waals surface area contributed by atoms with Crippen molar-refractivity contribution in [3.05, 3.63) is 56.6 Å². The summed E-state index contributed by atoms with van der Waals surface area (Å²) in [4.78, 5) is 4.58. The number of fused-ring (bicyclic) bond motifs is 1. The molecule has 4 heterocycles. The second kappa shape index (κ2) is 8.32. The zero-order valence-corrected chi connectivity index (χ0v) is 22.1. The van der Waals surface area contributed by atoms with E-state index in [9.17, 15) is 5.11 Å². The molecule has 0 amide bonds. The second-order valence-electron chi connectivity index (χ2n) is 10.2. The first kappa shape index (κ1) is 23.0. The van der Waals surface area contributed by atoms with Crippen LogP contribution in [0.15, 0.2) is 27.3 Å². The van der Waals surface area contributed by atoms with Gasteiger partial charge in [-0.05, 0) is 110 Å². The summed E-state index contributed by atoms with van der Waals surface area (Å²) in [6, 6.07) is 6.19. The lowest BCUT2D eigenvalue weighted by Crippen LogP contribution is -2.42. The number of hydrogen-bond acceptors (Lipinski definition) is 7. The van der Waals surface area contributed by atoms with Gasteiger partial charge in [0.2, 0.25) is 0 Å². The van der Waals surface area contributed by atoms with Crippen LogP contribution in [-0.4, -0.2) is 34.1 Å². The number of halogens is 1. The number of aromatic nitrogens is 2. The van der Waals surface area contributed by atoms with Gasteiger partial charge in [0.15, 0.2) is 0 Å². The Morgan fingerprint density at radius 1 is 1.03 bits per heavy atom. The second-order valence-corrected chi connectivity index (χ2v) is 11.0. The van der Waals surface area contributed by atoms with E-state index in [4.69, 9.17) is 9.26 Å². The van der Waals surface area contributed by atoms with Crippen molar-refractivity contribution in [3.63, 3.8) is 0 Å². The number of aliphatic hydroxyl groups is 1. The summed E-state index contributed by atoms with van der Waals surface area (Å²) in [7, 11) is 0. The molecule has 2 aliphatic heterocycles. The van der Waals surface area contributed by atoms with Crippen molar-refractivity contribution in [1.29, 1.82) is 0 Å². The molecule has 1 aliphatic carbocycles. The standard InChI is InChI=1S/C27H31BrN4O3/c1-13-14(2)29-23(28)12-19(13)27(33,22-6-5-9-34-22)20-10-18(24-15(3)32-35-16(24)4)11-21-25(20)31-26(30-21)17-7-8-17/h10-12,17,22,26,30-31,33H,5-9H2,1-4H3. The fourth-order valence-corrected chi connectivity index (χ4v) is 6.26. The van der Waals surface area contributed by atoms with Crippen molar-refractivity contribution in [1.82, 2.24) is 10.1 Å². The highest BCUT2D eigenvalue weighted by Crippen LogP contribution is 2.51. The number of hydrogen-bond donors (Lipinski definition) is 3. The van der Waals surface area contributed by atoms with E-state index in [-0.39, 0.29) is 12.3 Å². The first-order valence-electron chi connectivity index (χ1n) is 12.4. The smallest absolute Gasteiger partial charge is 0.143 e. The first-order chi connectivity index (χ1) is 16.8. The molecule has 1 saturated carbocycles. The normalized spacial score (nSPS) is 23.0. The molecule has 1 saturated heterocycles. The summed E-state index contributed by atoms with van der Waals surface area (Å²) in [6.07, 6.45) is 3.88. The van der Waals surface area contributed by atoms with Gasteiger partial charge in [-0.3, -0.25) is 0 Å². The van der Waals surface area contributed by atoms with Crippen molar-refractivity contribution in [2.45, 2.75) is 71.2 Å². The Hall–Kier alpha value is -2.42. The lowest BCUT2D eigenvalue weighted by molar-refractivity contribution is -0.0619. The molecule has 3 aliphatic rings. The predicted molar refractivity (Wildman–Crippen MR) is 139 cm³/mol. The van der Waals surface area contributed by atoms with Gasteiger partial charge in [-0.15, -0.1) is 0 Å². The van der Waals surface area contributed by atoms with Gasteiger partial charge in [-0.25, -0.2) is 4.98 Å². The summed E-state index contributed by atoms with van der Waals surface area (Å²) < 4.78 is 12.4. The summed E-state index contributed by atoms with van der Waals surface area (Å²) in [5, 5.41) is 24.5. The highest BCUT2D eigenvalue weighted by atomic mass is 79.9. The minimum Gasteiger partial charge on any atom is -0.378 e. The van der Waals surface area contributed by atoms with Gasteiger partial charge in [0.25, 0.3) is 0 Å². The Morgan fingerprint density at radius 3 is 2.49 bits per heavy atom. The van der Waals surface area contributed by atoms with Crippen LogP contribution in [0.2, 0.25) is 0 Å². The Labute approximate surface area is 213 Å². The number of ether oxygens (including phenoxy) is 1.